The molecule has 0 aliphatic rings. The number of halogens is 2. The smallest absolute Gasteiger partial charge is 0.325 e. The molecule has 2 nitrogen and oxygen atoms in total. The van der Waals surface area contributed by atoms with Crippen molar-refractivity contribution in [1.82, 2.24) is 0 Å². The van der Waals surface area contributed by atoms with Gasteiger partial charge in [-0.05, 0) is 25.0 Å². The van der Waals surface area contributed by atoms with Gasteiger partial charge in [-0.2, -0.15) is 0 Å². The third-order valence-corrected chi connectivity index (χ3v) is 3.20. The Morgan fingerprint density at radius 2 is 2.00 bits per heavy atom. The maximum absolute atomic E-state index is 11.5. The van der Waals surface area contributed by atoms with Gasteiger partial charge in [0.15, 0.2) is 0 Å². The molecular formula is C11H12Br2O2. The van der Waals surface area contributed by atoms with E-state index < -0.39 is 0 Å². The molecule has 82 valence electrons. The standard InChI is InChI=1S/C11H12Br2O2/c12-8-4-7-10(13)11(14)15-9-5-2-1-3-6-9/h1-3,5-6,10H,4,7-8H2. The van der Waals surface area contributed by atoms with E-state index in [-0.39, 0.29) is 10.8 Å². The maximum atomic E-state index is 11.5. The second-order valence-corrected chi connectivity index (χ2v) is 4.93. The summed E-state index contributed by atoms with van der Waals surface area (Å²) in [4.78, 5) is 11.3. The topological polar surface area (TPSA) is 26.3 Å². The van der Waals surface area contributed by atoms with Gasteiger partial charge >= 0.3 is 5.97 Å². The number of para-hydroxylation sites is 1. The minimum absolute atomic E-state index is 0.227. The first-order valence-corrected chi connectivity index (χ1v) is 6.74. The summed E-state index contributed by atoms with van der Waals surface area (Å²) in [6.07, 6.45) is 1.72. The van der Waals surface area contributed by atoms with Crippen molar-refractivity contribution in [1.29, 1.82) is 0 Å². The van der Waals surface area contributed by atoms with Gasteiger partial charge in [0, 0.05) is 5.33 Å². The second-order valence-electron chi connectivity index (χ2n) is 3.03. The molecular weight excluding hydrogens is 324 g/mol. The number of carbonyl (C=O) groups is 1. The van der Waals surface area contributed by atoms with Crippen LogP contribution < -0.4 is 4.74 Å². The molecule has 1 rings (SSSR count). The van der Waals surface area contributed by atoms with E-state index in [1.54, 1.807) is 12.1 Å². The molecule has 0 saturated heterocycles. The van der Waals surface area contributed by atoms with Crippen LogP contribution in [0.15, 0.2) is 30.3 Å². The minimum Gasteiger partial charge on any atom is -0.426 e. The number of carbonyl (C=O) groups excluding carboxylic acids is 1. The molecule has 1 aromatic rings. The van der Waals surface area contributed by atoms with Crippen LogP contribution in [0.4, 0.5) is 0 Å². The highest BCUT2D eigenvalue weighted by Gasteiger charge is 2.16. The van der Waals surface area contributed by atoms with Crippen molar-refractivity contribution in [2.45, 2.75) is 17.7 Å². The fourth-order valence-corrected chi connectivity index (χ4v) is 1.78. The van der Waals surface area contributed by atoms with Crippen LogP contribution in [-0.4, -0.2) is 16.1 Å². The molecule has 0 amide bonds. The molecule has 15 heavy (non-hydrogen) atoms. The molecule has 0 aromatic heterocycles. The van der Waals surface area contributed by atoms with Crippen LogP contribution in [0, 0.1) is 0 Å². The Bertz CT molecular complexity index is 301. The second kappa shape index (κ2) is 7.01. The monoisotopic (exact) mass is 334 g/mol. The number of esters is 1. The van der Waals surface area contributed by atoms with Crippen LogP contribution in [0.5, 0.6) is 5.75 Å². The van der Waals surface area contributed by atoms with Crippen LogP contribution in [0.1, 0.15) is 12.8 Å². The minimum atomic E-state index is -0.234. The van der Waals surface area contributed by atoms with E-state index in [1.807, 2.05) is 18.2 Å². The Hall–Kier alpha value is -0.350. The zero-order chi connectivity index (χ0) is 11.1. The highest BCUT2D eigenvalue weighted by Crippen LogP contribution is 2.15. The van der Waals surface area contributed by atoms with E-state index >= 15 is 0 Å². The number of ether oxygens (including phenoxy) is 1. The summed E-state index contributed by atoms with van der Waals surface area (Å²) in [7, 11) is 0. The summed E-state index contributed by atoms with van der Waals surface area (Å²) in [6.45, 7) is 0. The molecule has 0 fully saturated rings. The van der Waals surface area contributed by atoms with E-state index in [4.69, 9.17) is 4.74 Å². The van der Waals surface area contributed by atoms with Gasteiger partial charge in [-0.3, -0.25) is 4.79 Å². The highest BCUT2D eigenvalue weighted by atomic mass is 79.9. The Labute approximate surface area is 106 Å². The van der Waals surface area contributed by atoms with Crippen molar-refractivity contribution < 1.29 is 9.53 Å². The summed E-state index contributed by atoms with van der Waals surface area (Å²) in [6, 6.07) is 9.09. The van der Waals surface area contributed by atoms with Gasteiger partial charge in [-0.25, -0.2) is 0 Å². The van der Waals surface area contributed by atoms with Gasteiger partial charge in [-0.1, -0.05) is 50.1 Å². The summed E-state index contributed by atoms with van der Waals surface area (Å²) >= 11 is 6.63. The van der Waals surface area contributed by atoms with Crippen molar-refractivity contribution in [3.63, 3.8) is 0 Å². The zero-order valence-corrected chi connectivity index (χ0v) is 11.3. The van der Waals surface area contributed by atoms with E-state index in [9.17, 15) is 4.79 Å². The van der Waals surface area contributed by atoms with Gasteiger partial charge in [-0.15, -0.1) is 0 Å². The van der Waals surface area contributed by atoms with Crippen molar-refractivity contribution in [2.24, 2.45) is 0 Å². The molecule has 0 heterocycles. The van der Waals surface area contributed by atoms with Gasteiger partial charge in [0.25, 0.3) is 0 Å². The zero-order valence-electron chi connectivity index (χ0n) is 8.16. The lowest BCUT2D eigenvalue weighted by atomic mass is 10.2. The molecule has 0 saturated carbocycles. The molecule has 0 bridgehead atoms. The predicted molar refractivity (Wildman–Crippen MR) is 67.8 cm³/mol. The van der Waals surface area contributed by atoms with Crippen molar-refractivity contribution in [2.75, 3.05) is 5.33 Å². The fourth-order valence-electron chi connectivity index (χ4n) is 1.04. The van der Waals surface area contributed by atoms with Gasteiger partial charge in [0.1, 0.15) is 10.6 Å². The molecule has 1 unspecified atom stereocenters. The SMILES string of the molecule is O=C(Oc1ccccc1)C(Br)CCCBr. The maximum Gasteiger partial charge on any atom is 0.325 e. The van der Waals surface area contributed by atoms with E-state index in [1.165, 1.54) is 0 Å². The van der Waals surface area contributed by atoms with E-state index in [0.29, 0.717) is 5.75 Å². The summed E-state index contributed by atoms with van der Waals surface area (Å²) in [5, 5.41) is 0.897. The number of hydrogen-bond acceptors (Lipinski definition) is 2. The Morgan fingerprint density at radius 1 is 1.33 bits per heavy atom. The lowest BCUT2D eigenvalue weighted by Crippen LogP contribution is -2.20. The molecule has 0 spiro atoms. The molecule has 4 heteroatoms. The Balaban J connectivity index is 2.42. The first kappa shape index (κ1) is 12.7. The normalized spacial score (nSPS) is 12.1. The third-order valence-electron chi connectivity index (χ3n) is 1.81. The molecule has 0 radical (unpaired) electrons. The number of rotatable bonds is 5. The van der Waals surface area contributed by atoms with Crippen molar-refractivity contribution in [3.05, 3.63) is 30.3 Å². The molecule has 0 aliphatic heterocycles. The first-order chi connectivity index (χ1) is 7.24. The van der Waals surface area contributed by atoms with Crippen molar-refractivity contribution >= 4 is 37.8 Å². The summed E-state index contributed by atoms with van der Waals surface area (Å²) in [5.41, 5.74) is 0. The molecule has 1 atom stereocenters. The van der Waals surface area contributed by atoms with Gasteiger partial charge in [0.05, 0.1) is 0 Å². The average Bonchev–Trinajstić information content (AvgIpc) is 2.27. The fraction of sp³-hybridized carbons (Fsp3) is 0.364. The van der Waals surface area contributed by atoms with E-state index in [2.05, 4.69) is 31.9 Å². The molecule has 0 N–H and O–H groups in total. The first-order valence-electron chi connectivity index (χ1n) is 4.71. The van der Waals surface area contributed by atoms with Crippen LogP contribution >= 0.6 is 31.9 Å². The lowest BCUT2D eigenvalue weighted by Gasteiger charge is -2.08. The predicted octanol–water partition coefficient (Wildman–Crippen LogP) is 3.53. The largest absolute Gasteiger partial charge is 0.426 e. The van der Waals surface area contributed by atoms with Crippen LogP contribution in [-0.2, 0) is 4.79 Å². The molecule has 1 aromatic carbocycles. The van der Waals surface area contributed by atoms with Gasteiger partial charge < -0.3 is 4.74 Å². The van der Waals surface area contributed by atoms with Crippen LogP contribution in [0.2, 0.25) is 0 Å². The van der Waals surface area contributed by atoms with E-state index in [0.717, 1.165) is 18.2 Å². The lowest BCUT2D eigenvalue weighted by molar-refractivity contribution is -0.133. The Kier molecular flexibility index (Phi) is 5.95. The van der Waals surface area contributed by atoms with Crippen LogP contribution in [0.3, 0.4) is 0 Å². The molecule has 0 aliphatic carbocycles. The summed E-state index contributed by atoms with van der Waals surface area (Å²) < 4.78 is 5.17. The van der Waals surface area contributed by atoms with Crippen molar-refractivity contribution in [3.8, 4) is 5.75 Å². The number of hydrogen-bond donors (Lipinski definition) is 0. The number of alkyl halides is 2. The van der Waals surface area contributed by atoms with Crippen LogP contribution in [0.25, 0.3) is 0 Å². The highest BCUT2D eigenvalue weighted by molar-refractivity contribution is 9.10. The van der Waals surface area contributed by atoms with Gasteiger partial charge in [0.2, 0.25) is 0 Å². The average molecular weight is 336 g/mol. The Morgan fingerprint density at radius 3 is 2.60 bits per heavy atom. The number of benzene rings is 1. The third kappa shape index (κ3) is 4.80. The summed E-state index contributed by atoms with van der Waals surface area (Å²) in [5.74, 6) is 0.355. The quantitative estimate of drug-likeness (QED) is 0.467.